The number of hydrogen-bond acceptors (Lipinski definition) is 4. The Kier molecular flexibility index (Phi) is 5.55. The van der Waals surface area contributed by atoms with Crippen LogP contribution in [0.4, 0.5) is 14.5 Å². The van der Waals surface area contributed by atoms with Crippen LogP contribution in [0, 0.1) is 11.8 Å². The van der Waals surface area contributed by atoms with E-state index in [0.29, 0.717) is 17.1 Å². The van der Waals surface area contributed by atoms with Gasteiger partial charge in [0.15, 0.2) is 5.65 Å². The van der Waals surface area contributed by atoms with Crippen LogP contribution in [-0.4, -0.2) is 30.3 Å². The second-order valence-electron chi connectivity index (χ2n) is 9.12. The van der Waals surface area contributed by atoms with Gasteiger partial charge >= 0.3 is 0 Å². The molecule has 0 aliphatic heterocycles. The maximum absolute atomic E-state index is 13.9. The summed E-state index contributed by atoms with van der Waals surface area (Å²) >= 11 is 0. The number of fused-ring (bicyclic) bond motifs is 2. The quantitative estimate of drug-likeness (QED) is 0.424. The van der Waals surface area contributed by atoms with Crippen LogP contribution in [0.5, 0.6) is 0 Å². The number of rotatable bonds is 5. The van der Waals surface area contributed by atoms with Crippen LogP contribution in [0.25, 0.3) is 16.6 Å². The summed E-state index contributed by atoms with van der Waals surface area (Å²) in [6.07, 6.45) is 8.10. The van der Waals surface area contributed by atoms with Crippen LogP contribution >= 0.6 is 0 Å². The molecule has 1 amide bonds. The van der Waals surface area contributed by atoms with Crippen molar-refractivity contribution in [3.63, 3.8) is 0 Å². The topological polar surface area (TPSA) is 77.1 Å². The van der Waals surface area contributed by atoms with E-state index in [4.69, 9.17) is 0 Å². The normalized spacial score (nSPS) is 19.1. The van der Waals surface area contributed by atoms with Crippen LogP contribution in [0.1, 0.15) is 67.9 Å². The third kappa shape index (κ3) is 4.07. The first-order valence-electron chi connectivity index (χ1n) is 11.3. The van der Waals surface area contributed by atoms with Crippen LogP contribution in [0.3, 0.4) is 0 Å². The summed E-state index contributed by atoms with van der Waals surface area (Å²) < 4.78 is 31.1. The van der Waals surface area contributed by atoms with E-state index >= 15 is 0 Å². The highest BCUT2D eigenvalue weighted by Crippen LogP contribution is 2.37. The highest BCUT2D eigenvalue weighted by Gasteiger charge is 2.26. The van der Waals surface area contributed by atoms with E-state index < -0.39 is 12.3 Å². The van der Waals surface area contributed by atoms with Gasteiger partial charge in [0, 0.05) is 29.5 Å². The highest BCUT2D eigenvalue weighted by atomic mass is 19.3. The SMILES string of the molecule is CC(C)C1CCC(n2cc3cc(NC(=O)c4cnn5cccnc45)c(C(F)F)cc3n2)CC1. The van der Waals surface area contributed by atoms with E-state index in [1.54, 1.807) is 24.5 Å². The molecule has 3 aromatic heterocycles. The lowest BCUT2D eigenvalue weighted by Gasteiger charge is -2.30. The van der Waals surface area contributed by atoms with Gasteiger partial charge in [0.25, 0.3) is 12.3 Å². The second kappa shape index (κ2) is 8.53. The van der Waals surface area contributed by atoms with E-state index in [0.717, 1.165) is 37.0 Å². The zero-order chi connectivity index (χ0) is 23.1. The molecule has 1 fully saturated rings. The fourth-order valence-corrected chi connectivity index (χ4v) is 4.79. The Bertz CT molecular complexity index is 1300. The fourth-order valence-electron chi connectivity index (χ4n) is 4.79. The third-order valence-corrected chi connectivity index (χ3v) is 6.76. The predicted molar refractivity (Wildman–Crippen MR) is 121 cm³/mol. The van der Waals surface area contributed by atoms with Crippen LogP contribution in [0.15, 0.2) is 43.0 Å². The minimum absolute atomic E-state index is 0.0702. The van der Waals surface area contributed by atoms with Crippen LogP contribution in [-0.2, 0) is 0 Å². The van der Waals surface area contributed by atoms with Crippen molar-refractivity contribution in [2.45, 2.75) is 52.0 Å². The highest BCUT2D eigenvalue weighted by molar-refractivity contribution is 6.09. The van der Waals surface area contributed by atoms with Crippen molar-refractivity contribution < 1.29 is 13.6 Å². The number of hydrogen-bond donors (Lipinski definition) is 1. The molecule has 0 unspecified atom stereocenters. The van der Waals surface area contributed by atoms with Crippen molar-refractivity contribution >= 4 is 28.1 Å². The molecule has 1 aliphatic carbocycles. The zero-order valence-corrected chi connectivity index (χ0v) is 18.6. The van der Waals surface area contributed by atoms with E-state index in [9.17, 15) is 13.6 Å². The molecule has 5 rings (SSSR count). The predicted octanol–water partition coefficient (Wildman–Crippen LogP) is 5.66. The van der Waals surface area contributed by atoms with Gasteiger partial charge < -0.3 is 5.32 Å². The first-order valence-corrected chi connectivity index (χ1v) is 11.3. The average Bonchev–Trinajstić information content (AvgIpc) is 3.42. The number of amides is 1. The first-order chi connectivity index (χ1) is 15.9. The molecule has 7 nitrogen and oxygen atoms in total. The number of carbonyl (C=O) groups excluding carboxylic acids is 1. The Hall–Kier alpha value is -3.36. The first kappa shape index (κ1) is 21.5. The van der Waals surface area contributed by atoms with Crippen LogP contribution in [0.2, 0.25) is 0 Å². The monoisotopic (exact) mass is 452 g/mol. The number of anilines is 1. The molecule has 33 heavy (non-hydrogen) atoms. The van der Waals surface area contributed by atoms with E-state index in [2.05, 4.69) is 34.3 Å². The molecule has 1 saturated carbocycles. The number of nitrogens with zero attached hydrogens (tertiary/aromatic N) is 5. The molecule has 1 N–H and O–H groups in total. The molecule has 0 spiro atoms. The molecule has 9 heteroatoms. The van der Waals surface area contributed by atoms with Gasteiger partial charge in [-0.15, -0.1) is 0 Å². The lowest BCUT2D eigenvalue weighted by molar-refractivity contribution is 0.102. The summed E-state index contributed by atoms with van der Waals surface area (Å²) in [5.74, 6) is 0.864. The maximum atomic E-state index is 13.9. The molecule has 4 aromatic rings. The minimum atomic E-state index is -2.75. The Morgan fingerprint density at radius 2 is 1.97 bits per heavy atom. The summed E-state index contributed by atoms with van der Waals surface area (Å²) in [6.45, 7) is 4.52. The number of alkyl halides is 2. The molecule has 0 atom stereocenters. The number of aromatic nitrogens is 5. The molecular weight excluding hydrogens is 426 g/mol. The maximum Gasteiger partial charge on any atom is 0.265 e. The zero-order valence-electron chi connectivity index (χ0n) is 18.6. The number of nitrogens with one attached hydrogen (secondary N) is 1. The Morgan fingerprint density at radius 1 is 1.18 bits per heavy atom. The summed E-state index contributed by atoms with van der Waals surface area (Å²) in [5.41, 5.74) is 0.898. The molecular formula is C24H26F2N6O. The molecule has 0 radical (unpaired) electrons. The molecule has 1 aliphatic rings. The fraction of sp³-hybridized carbons (Fsp3) is 0.417. The van der Waals surface area contributed by atoms with E-state index in [-0.39, 0.29) is 22.9 Å². The number of benzene rings is 1. The van der Waals surface area contributed by atoms with Gasteiger partial charge in [0.05, 0.1) is 23.4 Å². The molecule has 0 bridgehead atoms. The second-order valence-corrected chi connectivity index (χ2v) is 9.12. The molecule has 172 valence electrons. The minimum Gasteiger partial charge on any atom is -0.321 e. The standard InChI is InChI=1S/C24H26F2N6O/c1-14(2)15-4-6-17(7-5-15)32-13-16-10-21(18(22(25)26)11-20(16)30-32)29-24(33)19-12-28-31-9-3-8-27-23(19)31/h3,8-15,17,22H,4-7H2,1-2H3,(H,29,33). The summed E-state index contributed by atoms with van der Waals surface area (Å²) in [6, 6.07) is 4.92. The van der Waals surface area contributed by atoms with Gasteiger partial charge in [-0.05, 0) is 55.7 Å². The van der Waals surface area contributed by atoms with Gasteiger partial charge in [-0.25, -0.2) is 18.3 Å². The van der Waals surface area contributed by atoms with Crippen molar-refractivity contribution in [1.29, 1.82) is 0 Å². The molecule has 3 heterocycles. The smallest absolute Gasteiger partial charge is 0.265 e. The summed E-state index contributed by atoms with van der Waals surface area (Å²) in [7, 11) is 0. The lowest BCUT2D eigenvalue weighted by Crippen LogP contribution is -2.21. The Morgan fingerprint density at radius 3 is 2.70 bits per heavy atom. The molecule has 1 aromatic carbocycles. The van der Waals surface area contributed by atoms with Crippen molar-refractivity contribution in [1.82, 2.24) is 24.4 Å². The van der Waals surface area contributed by atoms with Crippen molar-refractivity contribution in [2.24, 2.45) is 11.8 Å². The van der Waals surface area contributed by atoms with Gasteiger partial charge in [-0.2, -0.15) is 10.2 Å². The van der Waals surface area contributed by atoms with Crippen molar-refractivity contribution in [3.05, 3.63) is 54.1 Å². The van der Waals surface area contributed by atoms with Gasteiger partial charge in [-0.1, -0.05) is 13.8 Å². The summed E-state index contributed by atoms with van der Waals surface area (Å²) in [4.78, 5) is 17.0. The van der Waals surface area contributed by atoms with Crippen LogP contribution < -0.4 is 5.32 Å². The Balaban J connectivity index is 1.43. The van der Waals surface area contributed by atoms with Gasteiger partial charge in [0.1, 0.15) is 5.56 Å². The number of carbonyl (C=O) groups is 1. The average molecular weight is 453 g/mol. The van der Waals surface area contributed by atoms with E-state index in [1.165, 1.54) is 16.8 Å². The lowest BCUT2D eigenvalue weighted by atomic mass is 9.80. The largest absolute Gasteiger partial charge is 0.321 e. The number of halogens is 2. The summed E-state index contributed by atoms with van der Waals surface area (Å²) in [5, 5.41) is 12.1. The van der Waals surface area contributed by atoms with Gasteiger partial charge in [0.2, 0.25) is 0 Å². The third-order valence-electron chi connectivity index (χ3n) is 6.76. The van der Waals surface area contributed by atoms with Gasteiger partial charge in [-0.3, -0.25) is 9.48 Å². The molecule has 0 saturated heterocycles. The Labute approximate surface area is 189 Å². The van der Waals surface area contributed by atoms with Crippen molar-refractivity contribution in [2.75, 3.05) is 5.32 Å². The van der Waals surface area contributed by atoms with E-state index in [1.807, 2.05) is 10.9 Å². The van der Waals surface area contributed by atoms with Crippen molar-refractivity contribution in [3.8, 4) is 0 Å².